The number of halogens is 1. The van der Waals surface area contributed by atoms with Gasteiger partial charge in [-0.1, -0.05) is 70.4 Å². The van der Waals surface area contributed by atoms with Gasteiger partial charge in [0.1, 0.15) is 0 Å². The van der Waals surface area contributed by atoms with Crippen molar-refractivity contribution < 1.29 is 9.90 Å². The third-order valence-electron chi connectivity index (χ3n) is 4.54. The lowest BCUT2D eigenvalue weighted by Crippen LogP contribution is -2.39. The van der Waals surface area contributed by atoms with Crippen LogP contribution in [0.4, 0.5) is 5.69 Å². The molecule has 1 amide bonds. The molecule has 1 aliphatic rings. The zero-order valence-corrected chi connectivity index (χ0v) is 16.0. The number of amides is 1. The van der Waals surface area contributed by atoms with Crippen LogP contribution >= 0.6 is 15.9 Å². The van der Waals surface area contributed by atoms with Crippen molar-refractivity contribution in [2.24, 2.45) is 0 Å². The predicted molar refractivity (Wildman–Crippen MR) is 109 cm³/mol. The smallest absolute Gasteiger partial charge is 0.276 e. The van der Waals surface area contributed by atoms with Crippen molar-refractivity contribution in [3.05, 3.63) is 100 Å². The molecule has 0 fully saturated rings. The monoisotopic (exact) mass is 417 g/mol. The van der Waals surface area contributed by atoms with Crippen molar-refractivity contribution in [3.63, 3.8) is 0 Å². The molecule has 0 aromatic heterocycles. The molecule has 1 heterocycles. The van der Waals surface area contributed by atoms with Gasteiger partial charge in [-0.15, -0.1) is 0 Å². The number of rotatable bonds is 2. The Morgan fingerprint density at radius 3 is 2.33 bits per heavy atom. The highest BCUT2D eigenvalue weighted by atomic mass is 79.9. The van der Waals surface area contributed by atoms with Crippen molar-refractivity contribution in [2.75, 3.05) is 4.90 Å². The summed E-state index contributed by atoms with van der Waals surface area (Å²) in [6.07, 6.45) is 0. The molecule has 0 bridgehead atoms. The fraction of sp³-hybridized carbons (Fsp3) is 0.0870. The zero-order chi connectivity index (χ0) is 18.9. The predicted octanol–water partition coefficient (Wildman–Crippen LogP) is 4.24. The second-order valence-electron chi connectivity index (χ2n) is 6.36. The zero-order valence-electron chi connectivity index (χ0n) is 14.4. The minimum atomic E-state index is -1.87. The number of aliphatic hydroxyl groups is 1. The molecule has 3 aromatic carbocycles. The maximum Gasteiger partial charge on any atom is 0.276 e. The number of hydrogen-bond acceptors (Lipinski definition) is 2. The highest BCUT2D eigenvalue weighted by Crippen LogP contribution is 2.42. The van der Waals surface area contributed by atoms with Crippen LogP contribution in [-0.2, 0) is 16.9 Å². The second kappa shape index (κ2) is 7.03. The summed E-state index contributed by atoms with van der Waals surface area (Å²) in [6.45, 7) is 0.379. The number of hydrogen-bond donors (Lipinski definition) is 1. The van der Waals surface area contributed by atoms with Crippen molar-refractivity contribution in [2.45, 2.75) is 12.1 Å². The fourth-order valence-electron chi connectivity index (χ4n) is 3.18. The molecule has 4 heteroatoms. The molecular weight excluding hydrogens is 402 g/mol. The van der Waals surface area contributed by atoms with Gasteiger partial charge in [0.15, 0.2) is 0 Å². The second-order valence-corrected chi connectivity index (χ2v) is 7.28. The maximum atomic E-state index is 13.2. The third kappa shape index (κ3) is 3.28. The highest BCUT2D eigenvalue weighted by molar-refractivity contribution is 9.10. The van der Waals surface area contributed by atoms with Gasteiger partial charge < -0.3 is 10.0 Å². The van der Waals surface area contributed by atoms with Gasteiger partial charge in [-0.2, -0.15) is 0 Å². The van der Waals surface area contributed by atoms with E-state index in [0.29, 0.717) is 17.8 Å². The first-order valence-corrected chi connectivity index (χ1v) is 9.34. The first kappa shape index (κ1) is 17.5. The number of fused-ring (bicyclic) bond motifs is 1. The number of nitrogens with zero attached hydrogens (tertiary/aromatic N) is 1. The molecule has 27 heavy (non-hydrogen) atoms. The Labute approximate surface area is 166 Å². The molecule has 0 spiro atoms. The Morgan fingerprint density at radius 1 is 0.963 bits per heavy atom. The first-order valence-electron chi connectivity index (χ1n) is 8.54. The lowest BCUT2D eigenvalue weighted by atomic mass is 9.95. The van der Waals surface area contributed by atoms with Gasteiger partial charge in [-0.25, -0.2) is 0 Å². The van der Waals surface area contributed by atoms with E-state index in [-0.39, 0.29) is 0 Å². The van der Waals surface area contributed by atoms with Gasteiger partial charge in [-0.05, 0) is 41.8 Å². The van der Waals surface area contributed by atoms with Crippen LogP contribution < -0.4 is 4.90 Å². The van der Waals surface area contributed by atoms with Crippen LogP contribution in [0.3, 0.4) is 0 Å². The Hall–Kier alpha value is -2.87. The van der Waals surface area contributed by atoms with E-state index in [1.807, 2.05) is 72.8 Å². The summed E-state index contributed by atoms with van der Waals surface area (Å²) in [5.74, 6) is 5.33. The minimum Gasteiger partial charge on any atom is -0.366 e. The third-order valence-corrected chi connectivity index (χ3v) is 5.03. The topological polar surface area (TPSA) is 40.5 Å². The summed E-state index contributed by atoms with van der Waals surface area (Å²) in [5, 5.41) is 11.3. The Kier molecular flexibility index (Phi) is 4.57. The number of carbonyl (C=O) groups excluding carboxylic acids is 1. The van der Waals surface area contributed by atoms with Crippen LogP contribution in [-0.4, -0.2) is 11.0 Å². The van der Waals surface area contributed by atoms with E-state index in [1.165, 1.54) is 0 Å². The summed E-state index contributed by atoms with van der Waals surface area (Å²) in [4.78, 5) is 14.8. The Bertz CT molecular complexity index is 1050. The van der Waals surface area contributed by atoms with Crippen LogP contribution in [0.15, 0.2) is 83.3 Å². The largest absolute Gasteiger partial charge is 0.366 e. The van der Waals surface area contributed by atoms with E-state index in [4.69, 9.17) is 0 Å². The molecule has 0 saturated carbocycles. The Balaban J connectivity index is 1.78. The van der Waals surface area contributed by atoms with Gasteiger partial charge >= 0.3 is 0 Å². The number of carbonyl (C=O) groups is 1. The van der Waals surface area contributed by atoms with E-state index in [1.54, 1.807) is 11.0 Å². The van der Waals surface area contributed by atoms with Gasteiger partial charge in [0.2, 0.25) is 5.60 Å². The van der Waals surface area contributed by atoms with Gasteiger partial charge in [-0.3, -0.25) is 4.79 Å². The molecule has 0 radical (unpaired) electrons. The standard InChI is InChI=1S/C23H16BrNO2/c24-19-11-12-21-20(15-19)23(27,14-13-17-7-3-1-4-8-17)22(26)25(21)16-18-9-5-2-6-10-18/h1-12,15,27H,16H2/t23-/m0/s1. The molecular formula is C23H16BrNO2. The summed E-state index contributed by atoms with van der Waals surface area (Å²) in [7, 11) is 0. The molecule has 1 N–H and O–H groups in total. The quantitative estimate of drug-likeness (QED) is 0.633. The lowest BCUT2D eigenvalue weighted by molar-refractivity contribution is -0.130. The average molecular weight is 418 g/mol. The molecule has 3 nitrogen and oxygen atoms in total. The number of benzene rings is 3. The molecule has 0 saturated heterocycles. The van der Waals surface area contributed by atoms with Crippen LogP contribution in [0.5, 0.6) is 0 Å². The lowest BCUT2D eigenvalue weighted by Gasteiger charge is -2.19. The molecule has 0 unspecified atom stereocenters. The molecule has 132 valence electrons. The average Bonchev–Trinajstić information content (AvgIpc) is 2.90. The van der Waals surface area contributed by atoms with E-state index in [9.17, 15) is 9.90 Å². The van der Waals surface area contributed by atoms with Gasteiger partial charge in [0.05, 0.1) is 12.2 Å². The van der Waals surface area contributed by atoms with Gasteiger partial charge in [0, 0.05) is 15.6 Å². The van der Waals surface area contributed by atoms with Crippen molar-refractivity contribution in [3.8, 4) is 11.8 Å². The first-order chi connectivity index (χ1) is 13.1. The van der Waals surface area contributed by atoms with E-state index in [0.717, 1.165) is 15.6 Å². The summed E-state index contributed by atoms with van der Waals surface area (Å²) in [5.41, 5.74) is 1.04. The molecule has 3 aromatic rings. The summed E-state index contributed by atoms with van der Waals surface area (Å²) >= 11 is 3.43. The Morgan fingerprint density at radius 2 is 1.63 bits per heavy atom. The maximum absolute atomic E-state index is 13.2. The molecule has 1 atom stereocenters. The van der Waals surface area contributed by atoms with Gasteiger partial charge in [0.25, 0.3) is 5.91 Å². The van der Waals surface area contributed by atoms with Crippen molar-refractivity contribution in [1.29, 1.82) is 0 Å². The van der Waals surface area contributed by atoms with Crippen molar-refractivity contribution in [1.82, 2.24) is 0 Å². The minimum absolute atomic E-state index is 0.379. The normalized spacial score (nSPS) is 18.0. The van der Waals surface area contributed by atoms with Crippen LogP contribution in [0, 0.1) is 11.8 Å². The van der Waals surface area contributed by atoms with Crippen LogP contribution in [0.25, 0.3) is 0 Å². The SMILES string of the molecule is O=C1N(Cc2ccccc2)c2ccc(Br)cc2[C@@]1(O)C#Cc1ccccc1. The molecule has 1 aliphatic heterocycles. The molecule has 4 rings (SSSR count). The van der Waals surface area contributed by atoms with E-state index >= 15 is 0 Å². The summed E-state index contributed by atoms with van der Waals surface area (Å²) < 4.78 is 0.788. The summed E-state index contributed by atoms with van der Waals surface area (Å²) in [6, 6.07) is 24.5. The molecule has 0 aliphatic carbocycles. The van der Waals surface area contributed by atoms with Crippen molar-refractivity contribution >= 4 is 27.5 Å². The number of anilines is 1. The fourth-order valence-corrected chi connectivity index (χ4v) is 3.54. The van der Waals surface area contributed by atoms with Crippen LogP contribution in [0.2, 0.25) is 0 Å². The highest BCUT2D eigenvalue weighted by Gasteiger charge is 2.49. The van der Waals surface area contributed by atoms with Crippen LogP contribution in [0.1, 0.15) is 16.7 Å². The van der Waals surface area contributed by atoms with E-state index < -0.39 is 11.5 Å². The van der Waals surface area contributed by atoms with E-state index in [2.05, 4.69) is 27.8 Å².